The summed E-state index contributed by atoms with van der Waals surface area (Å²) in [5.41, 5.74) is 2.90. The molecule has 0 saturated carbocycles. The summed E-state index contributed by atoms with van der Waals surface area (Å²) in [6.07, 6.45) is 3.38. The lowest BCUT2D eigenvalue weighted by atomic mass is 10.1. The van der Waals surface area contributed by atoms with Crippen LogP contribution in [0, 0.1) is 6.92 Å². The van der Waals surface area contributed by atoms with Gasteiger partial charge in [-0.3, -0.25) is 14.9 Å². The molecule has 1 aliphatic rings. The van der Waals surface area contributed by atoms with Crippen molar-refractivity contribution in [3.05, 3.63) is 69.8 Å². The number of para-hydroxylation sites is 1. The predicted octanol–water partition coefficient (Wildman–Crippen LogP) is 3.92. The van der Waals surface area contributed by atoms with Crippen LogP contribution in [0.1, 0.15) is 11.1 Å². The number of nitrogens with zero attached hydrogens (tertiary/aromatic N) is 2. The van der Waals surface area contributed by atoms with Crippen LogP contribution in [-0.4, -0.2) is 22.4 Å². The molecule has 2 aromatic carbocycles. The van der Waals surface area contributed by atoms with Crippen LogP contribution in [0.2, 0.25) is 0 Å². The normalized spacial score (nSPS) is 16.2. The standard InChI is InChI=1S/C21H16BrN3O3/c1-12-9-14(7-8-17(12)22)25-20(27)16(19(26)23-21(25)28)10-13-11-24(2)18-6-4-3-5-15(13)18/h3-11H,1-2H3,(H,23,26,28)/b16-10+. The van der Waals surface area contributed by atoms with Gasteiger partial charge in [0.2, 0.25) is 0 Å². The zero-order chi connectivity index (χ0) is 20.0. The summed E-state index contributed by atoms with van der Waals surface area (Å²) >= 11 is 3.40. The first kappa shape index (κ1) is 18.2. The molecular formula is C21H16BrN3O3. The Labute approximate surface area is 169 Å². The first-order valence-corrected chi connectivity index (χ1v) is 9.38. The maximum atomic E-state index is 13.0. The molecular weight excluding hydrogens is 422 g/mol. The summed E-state index contributed by atoms with van der Waals surface area (Å²) in [5, 5.41) is 3.18. The van der Waals surface area contributed by atoms with Crippen LogP contribution in [0.3, 0.4) is 0 Å². The molecule has 4 rings (SSSR count). The lowest BCUT2D eigenvalue weighted by Gasteiger charge is -2.26. The predicted molar refractivity (Wildman–Crippen MR) is 111 cm³/mol. The smallest absolute Gasteiger partial charge is 0.335 e. The van der Waals surface area contributed by atoms with Gasteiger partial charge in [-0.1, -0.05) is 34.1 Å². The molecule has 2 heterocycles. The molecule has 0 spiro atoms. The third-order valence-corrected chi connectivity index (χ3v) is 5.62. The molecule has 0 atom stereocenters. The van der Waals surface area contributed by atoms with Crippen LogP contribution in [0.4, 0.5) is 10.5 Å². The number of fused-ring (bicyclic) bond motifs is 1. The van der Waals surface area contributed by atoms with Crippen molar-refractivity contribution in [1.82, 2.24) is 9.88 Å². The molecule has 0 unspecified atom stereocenters. The number of benzene rings is 2. The third kappa shape index (κ3) is 2.93. The Kier molecular flexibility index (Phi) is 4.39. The first-order chi connectivity index (χ1) is 13.4. The minimum atomic E-state index is -0.758. The van der Waals surface area contributed by atoms with Crippen LogP contribution in [0.5, 0.6) is 0 Å². The van der Waals surface area contributed by atoms with Gasteiger partial charge < -0.3 is 4.57 Å². The van der Waals surface area contributed by atoms with Crippen molar-refractivity contribution in [2.24, 2.45) is 7.05 Å². The van der Waals surface area contributed by atoms with Crippen molar-refractivity contribution in [2.75, 3.05) is 4.90 Å². The van der Waals surface area contributed by atoms with Crippen molar-refractivity contribution in [2.45, 2.75) is 6.92 Å². The topological polar surface area (TPSA) is 71.4 Å². The van der Waals surface area contributed by atoms with E-state index in [9.17, 15) is 14.4 Å². The summed E-state index contributed by atoms with van der Waals surface area (Å²) in [5.74, 6) is -1.35. The summed E-state index contributed by atoms with van der Waals surface area (Å²) < 4.78 is 2.79. The number of anilines is 1. The SMILES string of the molecule is Cc1cc(N2C(=O)NC(=O)/C(=C\c3cn(C)c4ccccc34)C2=O)ccc1Br. The minimum absolute atomic E-state index is 0.0866. The molecule has 1 N–H and O–H groups in total. The highest BCUT2D eigenvalue weighted by Crippen LogP contribution is 2.28. The van der Waals surface area contributed by atoms with Crippen molar-refractivity contribution < 1.29 is 14.4 Å². The van der Waals surface area contributed by atoms with E-state index < -0.39 is 17.8 Å². The van der Waals surface area contributed by atoms with Gasteiger partial charge in [-0.15, -0.1) is 0 Å². The van der Waals surface area contributed by atoms with Crippen LogP contribution in [0.15, 0.2) is 58.7 Å². The number of urea groups is 1. The van der Waals surface area contributed by atoms with Crippen LogP contribution in [-0.2, 0) is 16.6 Å². The Morgan fingerprint density at radius 1 is 1.07 bits per heavy atom. The maximum absolute atomic E-state index is 13.0. The summed E-state index contributed by atoms with van der Waals surface area (Å²) in [6.45, 7) is 1.86. The molecule has 0 aliphatic carbocycles. The number of rotatable bonds is 2. The Hall–Kier alpha value is -3.19. The largest absolute Gasteiger partial charge is 0.350 e. The Morgan fingerprint density at radius 2 is 1.82 bits per heavy atom. The number of aromatic nitrogens is 1. The molecule has 1 aromatic heterocycles. The molecule has 28 heavy (non-hydrogen) atoms. The van der Waals surface area contributed by atoms with Crippen LogP contribution in [0.25, 0.3) is 17.0 Å². The van der Waals surface area contributed by atoms with E-state index in [1.807, 2.05) is 49.0 Å². The number of aryl methyl sites for hydroxylation is 2. The summed E-state index contributed by atoms with van der Waals surface area (Å²) in [6, 6.07) is 12.1. The van der Waals surface area contributed by atoms with Gasteiger partial charge in [-0.05, 0) is 42.8 Å². The van der Waals surface area contributed by atoms with E-state index in [1.54, 1.807) is 18.2 Å². The van der Waals surface area contributed by atoms with E-state index in [0.29, 0.717) is 5.69 Å². The van der Waals surface area contributed by atoms with Crippen LogP contribution >= 0.6 is 15.9 Å². The maximum Gasteiger partial charge on any atom is 0.335 e. The van der Waals surface area contributed by atoms with Gasteiger partial charge in [0.05, 0.1) is 5.69 Å². The average molecular weight is 438 g/mol. The zero-order valence-corrected chi connectivity index (χ0v) is 16.8. The molecule has 1 saturated heterocycles. The second-order valence-corrected chi connectivity index (χ2v) is 7.46. The minimum Gasteiger partial charge on any atom is -0.350 e. The lowest BCUT2D eigenvalue weighted by molar-refractivity contribution is -0.122. The van der Waals surface area contributed by atoms with E-state index in [1.165, 1.54) is 6.08 Å². The van der Waals surface area contributed by atoms with Gasteiger partial charge in [-0.25, -0.2) is 9.69 Å². The third-order valence-electron chi connectivity index (χ3n) is 4.73. The number of barbiturate groups is 1. The molecule has 4 amide bonds. The molecule has 0 bridgehead atoms. The van der Waals surface area contributed by atoms with E-state index in [-0.39, 0.29) is 5.57 Å². The lowest BCUT2D eigenvalue weighted by Crippen LogP contribution is -2.54. The highest BCUT2D eigenvalue weighted by atomic mass is 79.9. The van der Waals surface area contributed by atoms with E-state index in [2.05, 4.69) is 21.2 Å². The number of halogens is 1. The van der Waals surface area contributed by atoms with E-state index in [0.717, 1.165) is 31.4 Å². The molecule has 1 fully saturated rings. The number of hydrogen-bond acceptors (Lipinski definition) is 3. The molecule has 7 heteroatoms. The number of hydrogen-bond donors (Lipinski definition) is 1. The van der Waals surface area contributed by atoms with Gasteiger partial charge in [0.15, 0.2) is 0 Å². The van der Waals surface area contributed by atoms with Crippen LogP contribution < -0.4 is 10.2 Å². The molecule has 3 aromatic rings. The summed E-state index contributed by atoms with van der Waals surface area (Å²) in [4.78, 5) is 38.8. The van der Waals surface area contributed by atoms with E-state index in [4.69, 9.17) is 0 Å². The summed E-state index contributed by atoms with van der Waals surface area (Å²) in [7, 11) is 1.90. The molecule has 6 nitrogen and oxygen atoms in total. The van der Waals surface area contributed by atoms with Gasteiger partial charge in [0.1, 0.15) is 5.57 Å². The van der Waals surface area contributed by atoms with Gasteiger partial charge in [0, 0.05) is 34.2 Å². The molecule has 140 valence electrons. The highest BCUT2D eigenvalue weighted by Gasteiger charge is 2.37. The van der Waals surface area contributed by atoms with Crippen molar-refractivity contribution in [3.63, 3.8) is 0 Å². The second kappa shape index (κ2) is 6.76. The molecule has 0 radical (unpaired) electrons. The fourth-order valence-corrected chi connectivity index (χ4v) is 3.55. The van der Waals surface area contributed by atoms with Crippen molar-refractivity contribution >= 4 is 56.4 Å². The van der Waals surface area contributed by atoms with E-state index >= 15 is 0 Å². The number of amides is 4. The van der Waals surface area contributed by atoms with Gasteiger partial charge in [0.25, 0.3) is 11.8 Å². The number of carbonyl (C=O) groups is 3. The van der Waals surface area contributed by atoms with Crippen molar-refractivity contribution in [1.29, 1.82) is 0 Å². The Morgan fingerprint density at radius 3 is 2.57 bits per heavy atom. The zero-order valence-electron chi connectivity index (χ0n) is 15.2. The molecule has 1 aliphatic heterocycles. The fraction of sp³-hybridized carbons (Fsp3) is 0.0952. The second-order valence-electron chi connectivity index (χ2n) is 6.60. The van der Waals surface area contributed by atoms with Gasteiger partial charge in [-0.2, -0.15) is 0 Å². The quantitative estimate of drug-likeness (QED) is 0.487. The number of nitrogens with one attached hydrogen (secondary N) is 1. The van der Waals surface area contributed by atoms with Crippen molar-refractivity contribution in [3.8, 4) is 0 Å². The fourth-order valence-electron chi connectivity index (χ4n) is 3.30. The average Bonchev–Trinajstić information content (AvgIpc) is 2.97. The number of imide groups is 2. The highest BCUT2D eigenvalue weighted by molar-refractivity contribution is 9.10. The van der Waals surface area contributed by atoms with Gasteiger partial charge >= 0.3 is 6.03 Å². The Balaban J connectivity index is 1.81. The first-order valence-electron chi connectivity index (χ1n) is 8.58. The number of carbonyl (C=O) groups excluding carboxylic acids is 3. The Bertz CT molecular complexity index is 1190. The monoisotopic (exact) mass is 437 g/mol.